The quantitative estimate of drug-likeness (QED) is 0.906. The molecule has 0 radical (unpaired) electrons. The van der Waals surface area contributed by atoms with E-state index in [2.05, 4.69) is 45.1 Å². The van der Waals surface area contributed by atoms with Crippen LogP contribution < -0.4 is 0 Å². The van der Waals surface area contributed by atoms with Crippen LogP contribution >= 0.6 is 15.9 Å². The molecule has 1 fully saturated rings. The Labute approximate surface area is 112 Å². The predicted octanol–water partition coefficient (Wildman–Crippen LogP) is 3.19. The van der Waals surface area contributed by atoms with Gasteiger partial charge in [-0.15, -0.1) is 0 Å². The van der Waals surface area contributed by atoms with Gasteiger partial charge in [0.2, 0.25) is 0 Å². The van der Waals surface area contributed by atoms with Crippen molar-refractivity contribution < 1.29 is 5.11 Å². The van der Waals surface area contributed by atoms with Gasteiger partial charge in [-0.05, 0) is 50.4 Å². The minimum Gasteiger partial charge on any atom is -0.390 e. The highest BCUT2D eigenvalue weighted by atomic mass is 79.9. The number of hydrogen-bond donors (Lipinski definition) is 1. The average Bonchev–Trinajstić information content (AvgIpc) is 2.41. The maximum atomic E-state index is 10.0. The van der Waals surface area contributed by atoms with Crippen LogP contribution in [0.25, 0.3) is 0 Å². The van der Waals surface area contributed by atoms with E-state index < -0.39 is 5.60 Å². The summed E-state index contributed by atoms with van der Waals surface area (Å²) in [4.78, 5) is 2.43. The molecule has 1 aliphatic heterocycles. The van der Waals surface area contributed by atoms with E-state index in [4.69, 9.17) is 0 Å². The molecule has 1 unspecified atom stereocenters. The standard InChI is InChI=1S/C14H20BrNO/c1-14(17)6-3-8-16(9-7-14)11-12-4-2-5-13(15)10-12/h2,4-5,10,17H,3,6-9,11H2,1H3. The molecule has 2 rings (SSSR count). The van der Waals surface area contributed by atoms with Gasteiger partial charge in [0.15, 0.2) is 0 Å². The Morgan fingerprint density at radius 2 is 2.18 bits per heavy atom. The van der Waals surface area contributed by atoms with Gasteiger partial charge in [0, 0.05) is 17.6 Å². The van der Waals surface area contributed by atoms with Crippen LogP contribution in [-0.2, 0) is 6.54 Å². The Morgan fingerprint density at radius 1 is 1.35 bits per heavy atom. The number of halogens is 1. The van der Waals surface area contributed by atoms with Crippen molar-refractivity contribution in [2.24, 2.45) is 0 Å². The van der Waals surface area contributed by atoms with E-state index in [9.17, 15) is 5.11 Å². The average molecular weight is 298 g/mol. The Balaban J connectivity index is 1.95. The van der Waals surface area contributed by atoms with Crippen molar-refractivity contribution in [3.63, 3.8) is 0 Å². The lowest BCUT2D eigenvalue weighted by Gasteiger charge is -2.22. The third kappa shape index (κ3) is 4.09. The highest BCUT2D eigenvalue weighted by Crippen LogP contribution is 2.22. The largest absolute Gasteiger partial charge is 0.390 e. The molecule has 1 aromatic rings. The van der Waals surface area contributed by atoms with E-state index >= 15 is 0 Å². The molecule has 0 aromatic heterocycles. The summed E-state index contributed by atoms with van der Waals surface area (Å²) in [5.74, 6) is 0. The van der Waals surface area contributed by atoms with Crippen LogP contribution in [0.15, 0.2) is 28.7 Å². The lowest BCUT2D eigenvalue weighted by molar-refractivity contribution is 0.0444. The molecule has 1 aliphatic rings. The van der Waals surface area contributed by atoms with Gasteiger partial charge in [-0.2, -0.15) is 0 Å². The van der Waals surface area contributed by atoms with Gasteiger partial charge in [0.25, 0.3) is 0 Å². The van der Waals surface area contributed by atoms with Crippen LogP contribution in [0.4, 0.5) is 0 Å². The fourth-order valence-electron chi connectivity index (χ4n) is 2.37. The summed E-state index contributed by atoms with van der Waals surface area (Å²) < 4.78 is 1.14. The molecule has 1 saturated heterocycles. The minimum absolute atomic E-state index is 0.466. The molecule has 1 atom stereocenters. The van der Waals surface area contributed by atoms with Crippen molar-refractivity contribution in [2.75, 3.05) is 13.1 Å². The maximum Gasteiger partial charge on any atom is 0.0632 e. The number of likely N-dealkylation sites (tertiary alicyclic amines) is 1. The maximum absolute atomic E-state index is 10.0. The number of hydrogen-bond acceptors (Lipinski definition) is 2. The zero-order valence-electron chi connectivity index (χ0n) is 10.3. The smallest absolute Gasteiger partial charge is 0.0632 e. The highest BCUT2D eigenvalue weighted by Gasteiger charge is 2.24. The number of benzene rings is 1. The summed E-state index contributed by atoms with van der Waals surface area (Å²) in [7, 11) is 0. The lowest BCUT2D eigenvalue weighted by Crippen LogP contribution is -2.28. The number of nitrogens with zero attached hydrogens (tertiary/aromatic N) is 1. The number of aliphatic hydroxyl groups is 1. The first-order valence-corrected chi connectivity index (χ1v) is 7.04. The molecule has 0 amide bonds. The summed E-state index contributed by atoms with van der Waals surface area (Å²) in [5, 5.41) is 10.0. The SMILES string of the molecule is CC1(O)CCCN(Cc2cccc(Br)c2)CC1. The summed E-state index contributed by atoms with van der Waals surface area (Å²) in [6.45, 7) is 5.01. The monoisotopic (exact) mass is 297 g/mol. The zero-order chi connectivity index (χ0) is 12.3. The van der Waals surface area contributed by atoms with Gasteiger partial charge >= 0.3 is 0 Å². The second kappa shape index (κ2) is 5.51. The number of rotatable bonds is 2. The molecule has 2 nitrogen and oxygen atoms in total. The fourth-order valence-corrected chi connectivity index (χ4v) is 2.82. The normalized spacial score (nSPS) is 26.8. The molecule has 17 heavy (non-hydrogen) atoms. The van der Waals surface area contributed by atoms with Crippen molar-refractivity contribution in [3.8, 4) is 0 Å². The van der Waals surface area contributed by atoms with Crippen molar-refractivity contribution in [2.45, 2.75) is 38.3 Å². The Bertz CT molecular complexity index is 378. The lowest BCUT2D eigenvalue weighted by atomic mass is 9.98. The molecule has 3 heteroatoms. The molecular formula is C14H20BrNO. The van der Waals surface area contributed by atoms with Crippen molar-refractivity contribution >= 4 is 15.9 Å². The van der Waals surface area contributed by atoms with Crippen LogP contribution in [0.2, 0.25) is 0 Å². The second-order valence-electron chi connectivity index (χ2n) is 5.26. The molecule has 1 aromatic carbocycles. The van der Waals surface area contributed by atoms with Crippen LogP contribution in [0.1, 0.15) is 31.7 Å². The Kier molecular flexibility index (Phi) is 4.23. The van der Waals surface area contributed by atoms with Gasteiger partial charge in [0.1, 0.15) is 0 Å². The first kappa shape index (κ1) is 13.1. The third-order valence-electron chi connectivity index (χ3n) is 3.45. The molecule has 0 saturated carbocycles. The van der Waals surface area contributed by atoms with Crippen LogP contribution in [-0.4, -0.2) is 28.7 Å². The van der Waals surface area contributed by atoms with Gasteiger partial charge in [0.05, 0.1) is 5.60 Å². The van der Waals surface area contributed by atoms with Crippen LogP contribution in [0.5, 0.6) is 0 Å². The first-order valence-electron chi connectivity index (χ1n) is 6.24. The third-order valence-corrected chi connectivity index (χ3v) is 3.94. The molecule has 94 valence electrons. The van der Waals surface area contributed by atoms with Crippen molar-refractivity contribution in [1.82, 2.24) is 4.90 Å². The van der Waals surface area contributed by atoms with E-state index in [0.717, 1.165) is 43.4 Å². The topological polar surface area (TPSA) is 23.5 Å². The first-order chi connectivity index (χ1) is 8.05. The van der Waals surface area contributed by atoms with Gasteiger partial charge < -0.3 is 5.11 Å². The summed E-state index contributed by atoms with van der Waals surface area (Å²) in [5.41, 5.74) is 0.868. The fraction of sp³-hybridized carbons (Fsp3) is 0.571. The van der Waals surface area contributed by atoms with Crippen LogP contribution in [0, 0.1) is 0 Å². The van der Waals surface area contributed by atoms with Gasteiger partial charge in [-0.3, -0.25) is 4.90 Å². The second-order valence-corrected chi connectivity index (χ2v) is 6.17. The van der Waals surface area contributed by atoms with Gasteiger partial charge in [-0.25, -0.2) is 0 Å². The van der Waals surface area contributed by atoms with Crippen molar-refractivity contribution in [3.05, 3.63) is 34.3 Å². The molecule has 0 aliphatic carbocycles. The summed E-state index contributed by atoms with van der Waals surface area (Å²) in [6, 6.07) is 8.46. The summed E-state index contributed by atoms with van der Waals surface area (Å²) >= 11 is 3.50. The van der Waals surface area contributed by atoms with Gasteiger partial charge in [-0.1, -0.05) is 28.1 Å². The molecule has 1 N–H and O–H groups in total. The highest BCUT2D eigenvalue weighted by molar-refractivity contribution is 9.10. The van der Waals surface area contributed by atoms with E-state index in [1.807, 2.05) is 6.92 Å². The van der Waals surface area contributed by atoms with E-state index in [1.54, 1.807) is 0 Å². The van der Waals surface area contributed by atoms with Crippen molar-refractivity contribution in [1.29, 1.82) is 0 Å². The zero-order valence-corrected chi connectivity index (χ0v) is 11.9. The van der Waals surface area contributed by atoms with E-state index in [0.29, 0.717) is 0 Å². The molecule has 1 heterocycles. The Hall–Kier alpha value is -0.380. The predicted molar refractivity (Wildman–Crippen MR) is 73.9 cm³/mol. The molecular weight excluding hydrogens is 278 g/mol. The molecule has 0 spiro atoms. The van der Waals surface area contributed by atoms with E-state index in [1.165, 1.54) is 5.56 Å². The van der Waals surface area contributed by atoms with E-state index in [-0.39, 0.29) is 0 Å². The minimum atomic E-state index is -0.466. The Morgan fingerprint density at radius 3 is 2.94 bits per heavy atom. The van der Waals surface area contributed by atoms with Crippen LogP contribution in [0.3, 0.4) is 0 Å². The molecule has 0 bridgehead atoms. The summed E-state index contributed by atoms with van der Waals surface area (Å²) in [6.07, 6.45) is 2.88.